The molecule has 2 N–H and O–H groups in total. The van der Waals surface area contributed by atoms with Crippen LogP contribution in [0.1, 0.15) is 0 Å². The fourth-order valence-corrected chi connectivity index (χ4v) is 1.47. The minimum Gasteiger partial charge on any atom is -0.326 e. The van der Waals surface area contributed by atoms with Crippen LogP contribution in [-0.4, -0.2) is 16.6 Å². The lowest BCUT2D eigenvalue weighted by atomic mass is 10.3. The van der Waals surface area contributed by atoms with Crippen LogP contribution in [0.4, 0.5) is 10.1 Å². The van der Waals surface area contributed by atoms with E-state index in [-0.39, 0.29) is 5.96 Å². The van der Waals surface area contributed by atoms with Crippen molar-refractivity contribution < 1.29 is 4.39 Å². The highest BCUT2D eigenvalue weighted by atomic mass is 35.5. The van der Waals surface area contributed by atoms with Gasteiger partial charge in [-0.25, -0.2) is 0 Å². The van der Waals surface area contributed by atoms with Crippen LogP contribution < -0.4 is 10.6 Å². The molecule has 1 aliphatic heterocycles. The number of hydrogen-bond donors (Lipinski definition) is 2. The molecular weight excluding hydrogens is 254 g/mol. The topological polar surface area (TPSA) is 48.8 Å². The van der Waals surface area contributed by atoms with Crippen molar-refractivity contribution in [3.63, 3.8) is 0 Å². The number of nitrogens with one attached hydrogen (secondary N) is 2. The zero-order chi connectivity index (χ0) is 11.6. The predicted octanol–water partition coefficient (Wildman–Crippen LogP) is 2.47. The molecule has 0 saturated carbocycles. The second-order valence-corrected chi connectivity index (χ2v) is 4.24. The van der Waals surface area contributed by atoms with Gasteiger partial charge in [-0.3, -0.25) is 5.32 Å². The van der Waals surface area contributed by atoms with Gasteiger partial charge in [0.2, 0.25) is 5.96 Å². The lowest BCUT2D eigenvalue weighted by molar-refractivity contribution is 0.711. The first-order chi connectivity index (χ1) is 7.55. The number of alkyl halides is 2. The Kier molecular flexibility index (Phi) is 2.98. The number of benzene rings is 1. The third-order valence-corrected chi connectivity index (χ3v) is 2.08. The van der Waals surface area contributed by atoms with E-state index in [9.17, 15) is 4.39 Å². The average Bonchev–Trinajstić information content (AvgIpc) is 2.15. The van der Waals surface area contributed by atoms with Gasteiger partial charge in [-0.05, 0) is 35.3 Å². The summed E-state index contributed by atoms with van der Waals surface area (Å²) < 4.78 is 11.2. The van der Waals surface area contributed by atoms with E-state index in [0.717, 1.165) is 5.69 Å². The third-order valence-electron chi connectivity index (χ3n) is 1.74. The molecule has 0 amide bonds. The van der Waals surface area contributed by atoms with Crippen LogP contribution in [0.25, 0.3) is 0 Å². The van der Waals surface area contributed by atoms with E-state index in [2.05, 4.69) is 20.6 Å². The highest BCUT2D eigenvalue weighted by Gasteiger charge is 2.28. The Morgan fingerprint density at radius 1 is 1.19 bits per heavy atom. The van der Waals surface area contributed by atoms with Crippen LogP contribution in [0.2, 0.25) is 0 Å². The first-order valence-corrected chi connectivity index (χ1v) is 5.13. The molecular formula is C9H7Cl2FN4. The quantitative estimate of drug-likeness (QED) is 0.602. The Bertz CT molecular complexity index is 444. The van der Waals surface area contributed by atoms with Crippen molar-refractivity contribution >= 4 is 40.9 Å². The Morgan fingerprint density at radius 3 is 2.50 bits per heavy atom. The molecule has 0 radical (unpaired) electrons. The molecule has 0 fully saturated rings. The van der Waals surface area contributed by atoms with Crippen LogP contribution in [0.3, 0.4) is 0 Å². The molecule has 4 nitrogen and oxygen atoms in total. The monoisotopic (exact) mass is 260 g/mol. The number of rotatable bonds is 1. The summed E-state index contributed by atoms with van der Waals surface area (Å²) >= 11 is 11.2. The van der Waals surface area contributed by atoms with E-state index in [0.29, 0.717) is 0 Å². The summed E-state index contributed by atoms with van der Waals surface area (Å²) in [6.45, 7) is 0. The number of nitrogens with zero attached hydrogens (tertiary/aromatic N) is 2. The van der Waals surface area contributed by atoms with E-state index >= 15 is 0 Å². The van der Waals surface area contributed by atoms with Crippen molar-refractivity contribution in [3.8, 4) is 0 Å². The smallest absolute Gasteiger partial charge is 0.312 e. The van der Waals surface area contributed by atoms with Gasteiger partial charge in [-0.15, -0.1) is 0 Å². The van der Waals surface area contributed by atoms with E-state index in [4.69, 9.17) is 23.2 Å². The van der Waals surface area contributed by atoms with Crippen molar-refractivity contribution in [2.75, 3.05) is 5.32 Å². The maximum absolute atomic E-state index is 13.0. The van der Waals surface area contributed by atoms with E-state index in [1.807, 2.05) is 18.2 Å². The van der Waals surface area contributed by atoms with Crippen LogP contribution in [-0.2, 0) is 0 Å². The van der Waals surface area contributed by atoms with Crippen LogP contribution >= 0.6 is 23.2 Å². The molecule has 0 atom stereocenters. The van der Waals surface area contributed by atoms with Crippen molar-refractivity contribution in [1.29, 1.82) is 0 Å². The molecule has 1 heterocycles. The normalized spacial score (nSPS) is 18.2. The molecule has 1 aromatic rings. The van der Waals surface area contributed by atoms with Crippen molar-refractivity contribution in [2.24, 2.45) is 9.98 Å². The number of anilines is 1. The fourth-order valence-electron chi connectivity index (χ4n) is 1.15. The Balaban J connectivity index is 2.15. The lowest BCUT2D eigenvalue weighted by Gasteiger charge is -2.19. The summed E-state index contributed by atoms with van der Waals surface area (Å²) in [5.41, 5.74) is 0.729. The number of para-hydroxylation sites is 1. The minimum atomic E-state index is -1.83. The van der Waals surface area contributed by atoms with E-state index in [1.165, 1.54) is 0 Å². The van der Waals surface area contributed by atoms with Gasteiger partial charge >= 0.3 is 4.58 Å². The molecule has 16 heavy (non-hydrogen) atoms. The van der Waals surface area contributed by atoms with E-state index < -0.39 is 10.7 Å². The molecule has 0 aromatic heterocycles. The first kappa shape index (κ1) is 11.2. The van der Waals surface area contributed by atoms with Crippen LogP contribution in [0.15, 0.2) is 40.3 Å². The fraction of sp³-hybridized carbons (Fsp3) is 0.111. The molecule has 0 unspecified atom stereocenters. The molecule has 7 heteroatoms. The Hall–Kier alpha value is -1.33. The van der Waals surface area contributed by atoms with Crippen LogP contribution in [0.5, 0.6) is 0 Å². The molecule has 1 aliphatic rings. The van der Waals surface area contributed by atoms with Gasteiger partial charge < -0.3 is 5.32 Å². The predicted molar refractivity (Wildman–Crippen MR) is 63.6 cm³/mol. The number of hydrogen-bond acceptors (Lipinski definition) is 4. The second kappa shape index (κ2) is 4.27. The molecule has 1 aromatic carbocycles. The summed E-state index contributed by atoms with van der Waals surface area (Å²) in [4.78, 5) is 7.01. The van der Waals surface area contributed by atoms with Gasteiger partial charge in [0, 0.05) is 5.69 Å². The van der Waals surface area contributed by atoms with Gasteiger partial charge in [0.05, 0.1) is 0 Å². The standard InChI is InChI=1S/C9H7Cl2FN4/c10-9(11)15-7(12)14-8(16-9)13-6-4-2-1-3-5-6/h1-5H,(H2,13,14,15,16). The van der Waals surface area contributed by atoms with Crippen molar-refractivity contribution in [1.82, 2.24) is 5.32 Å². The first-order valence-electron chi connectivity index (χ1n) is 4.37. The van der Waals surface area contributed by atoms with Gasteiger partial charge in [0.15, 0.2) is 0 Å². The number of aliphatic imine (C=N–C) groups is 2. The molecule has 0 spiro atoms. The molecule has 2 rings (SSSR count). The number of guanidine groups is 1. The average molecular weight is 261 g/mol. The molecule has 0 aliphatic carbocycles. The van der Waals surface area contributed by atoms with Gasteiger partial charge in [0.25, 0.3) is 6.09 Å². The summed E-state index contributed by atoms with van der Waals surface area (Å²) in [5.74, 6) is 0.101. The Labute approximate surface area is 101 Å². The van der Waals surface area contributed by atoms with Crippen molar-refractivity contribution in [2.45, 2.75) is 4.58 Å². The van der Waals surface area contributed by atoms with Gasteiger partial charge in [-0.2, -0.15) is 14.4 Å². The van der Waals surface area contributed by atoms with Gasteiger partial charge in [0.1, 0.15) is 0 Å². The zero-order valence-electron chi connectivity index (χ0n) is 7.92. The SMILES string of the molecule is FC1=NC(Cl)(Cl)N=C(Nc2ccccc2)N1. The Morgan fingerprint density at radius 2 is 1.88 bits per heavy atom. The summed E-state index contributed by atoms with van der Waals surface area (Å²) in [6, 6.07) is 9.09. The van der Waals surface area contributed by atoms with Crippen molar-refractivity contribution in [3.05, 3.63) is 30.3 Å². The second-order valence-electron chi connectivity index (χ2n) is 2.99. The minimum absolute atomic E-state index is 0.101. The maximum atomic E-state index is 13.0. The summed E-state index contributed by atoms with van der Waals surface area (Å²) in [6.07, 6.45) is -0.890. The summed E-state index contributed by atoms with van der Waals surface area (Å²) in [5, 5.41) is 5.09. The van der Waals surface area contributed by atoms with Gasteiger partial charge in [-0.1, -0.05) is 18.2 Å². The third kappa shape index (κ3) is 2.84. The molecule has 0 saturated heterocycles. The lowest BCUT2D eigenvalue weighted by Crippen LogP contribution is -2.40. The zero-order valence-corrected chi connectivity index (χ0v) is 9.43. The van der Waals surface area contributed by atoms with Crippen LogP contribution in [0, 0.1) is 0 Å². The highest BCUT2D eigenvalue weighted by molar-refractivity contribution is 6.49. The number of amidine groups is 1. The number of halogens is 3. The maximum Gasteiger partial charge on any atom is 0.312 e. The highest BCUT2D eigenvalue weighted by Crippen LogP contribution is 2.26. The van der Waals surface area contributed by atoms with E-state index in [1.54, 1.807) is 12.1 Å². The largest absolute Gasteiger partial charge is 0.326 e. The molecule has 0 bridgehead atoms. The molecule has 84 valence electrons. The summed E-state index contributed by atoms with van der Waals surface area (Å²) in [7, 11) is 0.